The van der Waals surface area contributed by atoms with E-state index in [0.717, 1.165) is 0 Å². The van der Waals surface area contributed by atoms with Crippen LogP contribution in [0.3, 0.4) is 0 Å². The number of hydrogen-bond acceptors (Lipinski definition) is 4. The molecule has 0 saturated heterocycles. The van der Waals surface area contributed by atoms with E-state index < -0.39 is 6.09 Å². The van der Waals surface area contributed by atoms with E-state index in [1.54, 1.807) is 6.92 Å². The van der Waals surface area contributed by atoms with Gasteiger partial charge < -0.3 is 10.5 Å². The highest BCUT2D eigenvalue weighted by molar-refractivity contribution is 5.68. The molecule has 11 heavy (non-hydrogen) atoms. The fraction of sp³-hybridized carbons (Fsp3) is 0.667. The fourth-order valence-electron chi connectivity index (χ4n) is 0.401. The van der Waals surface area contributed by atoms with Crippen molar-refractivity contribution < 1.29 is 9.53 Å². The van der Waals surface area contributed by atoms with E-state index in [4.69, 9.17) is 5.73 Å². The van der Waals surface area contributed by atoms with Gasteiger partial charge in [-0.05, 0) is 19.9 Å². The molecule has 0 bridgehead atoms. The maximum atomic E-state index is 10.5. The van der Waals surface area contributed by atoms with E-state index in [0.29, 0.717) is 19.6 Å². The van der Waals surface area contributed by atoms with E-state index in [-0.39, 0.29) is 0 Å². The highest BCUT2D eigenvalue weighted by Gasteiger charge is 1.93. The minimum Gasteiger partial charge on any atom is -0.449 e. The average Bonchev–Trinajstić information content (AvgIpc) is 1.99. The van der Waals surface area contributed by atoms with Gasteiger partial charge in [0.05, 0.1) is 6.61 Å². The van der Waals surface area contributed by atoms with Crippen molar-refractivity contribution in [3.63, 3.8) is 0 Å². The molecule has 0 atom stereocenters. The number of hydrogen-bond donors (Lipinski definition) is 2. The largest absolute Gasteiger partial charge is 0.449 e. The summed E-state index contributed by atoms with van der Waals surface area (Å²) < 4.78 is 4.53. The maximum Gasteiger partial charge on any atom is 0.427 e. The number of hydrazone groups is 1. The molecule has 5 nitrogen and oxygen atoms in total. The van der Waals surface area contributed by atoms with Crippen molar-refractivity contribution in [2.45, 2.75) is 13.3 Å². The summed E-state index contributed by atoms with van der Waals surface area (Å²) in [4.78, 5) is 10.5. The minimum atomic E-state index is -0.541. The van der Waals surface area contributed by atoms with E-state index in [9.17, 15) is 4.79 Å². The topological polar surface area (TPSA) is 76.7 Å². The Labute approximate surface area is 65.6 Å². The van der Waals surface area contributed by atoms with Crippen LogP contribution in [0.5, 0.6) is 0 Å². The second-order valence-electron chi connectivity index (χ2n) is 1.72. The number of amides is 1. The first-order valence-corrected chi connectivity index (χ1v) is 3.45. The Morgan fingerprint density at radius 3 is 3.09 bits per heavy atom. The Balaban J connectivity index is 3.29. The lowest BCUT2D eigenvalue weighted by molar-refractivity contribution is 0.152. The molecule has 0 spiro atoms. The number of nitrogens with one attached hydrogen (secondary N) is 1. The molecule has 0 aliphatic carbocycles. The lowest BCUT2D eigenvalue weighted by atomic mass is 10.5. The smallest absolute Gasteiger partial charge is 0.427 e. The summed E-state index contributed by atoms with van der Waals surface area (Å²) in [5.74, 6) is 0. The van der Waals surface area contributed by atoms with Crippen LogP contribution in [0.4, 0.5) is 4.79 Å². The zero-order valence-corrected chi connectivity index (χ0v) is 6.54. The molecule has 0 heterocycles. The summed E-state index contributed by atoms with van der Waals surface area (Å²) in [6.07, 6.45) is 1.63. The zero-order valence-electron chi connectivity index (χ0n) is 6.54. The molecule has 0 aliphatic rings. The zero-order chi connectivity index (χ0) is 8.53. The Bertz CT molecular complexity index is 136. The van der Waals surface area contributed by atoms with Gasteiger partial charge in [-0.25, -0.2) is 10.2 Å². The quantitative estimate of drug-likeness (QED) is 0.450. The number of nitrogens with zero attached hydrogens (tertiary/aromatic N) is 1. The van der Waals surface area contributed by atoms with Crippen LogP contribution in [0.25, 0.3) is 0 Å². The van der Waals surface area contributed by atoms with E-state index >= 15 is 0 Å². The molecule has 0 aliphatic heterocycles. The average molecular weight is 159 g/mol. The van der Waals surface area contributed by atoms with Crippen LogP contribution >= 0.6 is 0 Å². The number of carbonyl (C=O) groups excluding carboxylic acids is 1. The number of carbonyl (C=O) groups is 1. The van der Waals surface area contributed by atoms with Gasteiger partial charge in [-0.1, -0.05) is 0 Å². The fourth-order valence-corrected chi connectivity index (χ4v) is 0.401. The lowest BCUT2D eigenvalue weighted by Crippen LogP contribution is -2.18. The summed E-state index contributed by atoms with van der Waals surface area (Å²) in [7, 11) is 0. The Hall–Kier alpha value is -1.10. The molecular formula is C6H13N3O2. The molecule has 0 rings (SSSR count). The predicted octanol–water partition coefficient (Wildman–Crippen LogP) is 0.0671. The van der Waals surface area contributed by atoms with Crippen LogP contribution in [0, 0.1) is 0 Å². The number of ether oxygens (including phenoxy) is 1. The van der Waals surface area contributed by atoms with Crippen molar-refractivity contribution in [2.24, 2.45) is 10.8 Å². The Kier molecular flexibility index (Phi) is 6.31. The lowest BCUT2D eigenvalue weighted by Gasteiger charge is -1.97. The van der Waals surface area contributed by atoms with Crippen LogP contribution < -0.4 is 11.2 Å². The van der Waals surface area contributed by atoms with Gasteiger partial charge in [0, 0.05) is 6.21 Å². The van der Waals surface area contributed by atoms with Crippen LogP contribution in [0.2, 0.25) is 0 Å². The molecule has 1 amide bonds. The predicted molar refractivity (Wildman–Crippen MR) is 42.3 cm³/mol. The van der Waals surface area contributed by atoms with Crippen molar-refractivity contribution in [1.29, 1.82) is 0 Å². The molecule has 5 heteroatoms. The van der Waals surface area contributed by atoms with Crippen LogP contribution in [-0.2, 0) is 4.74 Å². The van der Waals surface area contributed by atoms with Gasteiger partial charge in [0.2, 0.25) is 0 Å². The van der Waals surface area contributed by atoms with Crippen molar-refractivity contribution in [1.82, 2.24) is 5.43 Å². The van der Waals surface area contributed by atoms with Gasteiger partial charge in [-0.2, -0.15) is 5.10 Å². The third kappa shape index (κ3) is 6.79. The Morgan fingerprint density at radius 1 is 1.82 bits per heavy atom. The van der Waals surface area contributed by atoms with E-state index in [1.807, 2.05) is 0 Å². The molecule has 0 aromatic heterocycles. The molecule has 0 radical (unpaired) electrons. The molecule has 0 unspecified atom stereocenters. The highest BCUT2D eigenvalue weighted by Crippen LogP contribution is 1.75. The molecule has 3 N–H and O–H groups in total. The first kappa shape index (κ1) is 9.90. The van der Waals surface area contributed by atoms with Gasteiger partial charge in [-0.15, -0.1) is 0 Å². The molecule has 64 valence electrons. The molecular weight excluding hydrogens is 146 g/mol. The van der Waals surface area contributed by atoms with Crippen molar-refractivity contribution >= 4 is 12.3 Å². The summed E-state index contributed by atoms with van der Waals surface area (Å²) in [5, 5.41) is 3.55. The van der Waals surface area contributed by atoms with Gasteiger partial charge in [0.25, 0.3) is 0 Å². The van der Waals surface area contributed by atoms with Gasteiger partial charge in [0.15, 0.2) is 0 Å². The van der Waals surface area contributed by atoms with Crippen LogP contribution in [0.15, 0.2) is 5.10 Å². The van der Waals surface area contributed by atoms with Gasteiger partial charge in [-0.3, -0.25) is 0 Å². The molecule has 0 fully saturated rings. The third-order valence-electron chi connectivity index (χ3n) is 0.818. The highest BCUT2D eigenvalue weighted by atomic mass is 16.5. The van der Waals surface area contributed by atoms with E-state index in [1.165, 1.54) is 6.21 Å². The van der Waals surface area contributed by atoms with Crippen LogP contribution in [0.1, 0.15) is 13.3 Å². The van der Waals surface area contributed by atoms with Gasteiger partial charge in [0.1, 0.15) is 0 Å². The van der Waals surface area contributed by atoms with E-state index in [2.05, 4.69) is 15.3 Å². The van der Waals surface area contributed by atoms with Crippen molar-refractivity contribution in [3.8, 4) is 0 Å². The molecule has 0 aromatic rings. The summed E-state index contributed by atoms with van der Waals surface area (Å²) in [6.45, 7) is 2.59. The summed E-state index contributed by atoms with van der Waals surface area (Å²) >= 11 is 0. The molecule has 0 aromatic carbocycles. The normalized spacial score (nSPS) is 10.0. The second-order valence-corrected chi connectivity index (χ2v) is 1.72. The van der Waals surface area contributed by atoms with Crippen molar-refractivity contribution in [3.05, 3.63) is 0 Å². The van der Waals surface area contributed by atoms with Crippen molar-refractivity contribution in [2.75, 3.05) is 13.2 Å². The molecule has 0 saturated carbocycles. The van der Waals surface area contributed by atoms with Gasteiger partial charge >= 0.3 is 6.09 Å². The Morgan fingerprint density at radius 2 is 2.55 bits per heavy atom. The monoisotopic (exact) mass is 159 g/mol. The summed E-state index contributed by atoms with van der Waals surface area (Å²) in [5.41, 5.74) is 7.34. The number of nitrogens with two attached hydrogens (primary N) is 1. The van der Waals surface area contributed by atoms with Crippen LogP contribution in [-0.4, -0.2) is 25.5 Å². The first-order valence-electron chi connectivity index (χ1n) is 3.45. The number of rotatable bonds is 4. The standard InChI is InChI=1S/C6H13N3O2/c1-2-11-6(10)9-8-5-3-4-7/h5H,2-4,7H2,1H3,(H,9,10)/b8-5+. The maximum absolute atomic E-state index is 10.5. The summed E-state index contributed by atoms with van der Waals surface area (Å²) in [6, 6.07) is 0. The minimum absolute atomic E-state index is 0.345. The second kappa shape index (κ2) is 7.01. The third-order valence-corrected chi connectivity index (χ3v) is 0.818. The first-order chi connectivity index (χ1) is 5.31. The SMILES string of the molecule is CCOC(=O)N/N=C/CCN.